The van der Waals surface area contributed by atoms with Crippen molar-refractivity contribution in [1.82, 2.24) is 10.2 Å². The molecule has 6 heteroatoms. The van der Waals surface area contributed by atoms with E-state index in [1.807, 2.05) is 12.1 Å². The van der Waals surface area contributed by atoms with Crippen LogP contribution < -0.4 is 5.32 Å². The fourth-order valence-electron chi connectivity index (χ4n) is 2.98. The molecule has 2 rings (SSSR count). The van der Waals surface area contributed by atoms with Crippen molar-refractivity contribution in [3.8, 4) is 0 Å². The molecule has 0 amide bonds. The molecular formula is C17H25N3O2S. The van der Waals surface area contributed by atoms with Crippen LogP contribution in [-0.2, 0) is 6.54 Å². The molecule has 0 unspecified atom stereocenters. The first-order valence-electron chi connectivity index (χ1n) is 8.39. The Hall–Kier alpha value is -1.69. The fourth-order valence-corrected chi connectivity index (χ4v) is 3.30. The van der Waals surface area contributed by atoms with Gasteiger partial charge in [0, 0.05) is 31.3 Å². The number of nitro benzene ring substituents is 1. The lowest BCUT2D eigenvalue weighted by molar-refractivity contribution is -0.384. The minimum Gasteiger partial charge on any atom is -0.360 e. The number of thiocarbonyl (C=S) groups is 1. The van der Waals surface area contributed by atoms with Crippen LogP contribution in [-0.4, -0.2) is 27.5 Å². The van der Waals surface area contributed by atoms with Crippen LogP contribution in [0, 0.1) is 10.1 Å². The Morgan fingerprint density at radius 3 is 2.52 bits per heavy atom. The highest BCUT2D eigenvalue weighted by atomic mass is 32.1. The molecule has 0 aromatic heterocycles. The molecule has 5 nitrogen and oxygen atoms in total. The van der Waals surface area contributed by atoms with Crippen LogP contribution in [0.4, 0.5) is 5.69 Å². The van der Waals surface area contributed by atoms with E-state index in [0.717, 1.165) is 23.6 Å². The first-order valence-corrected chi connectivity index (χ1v) is 8.79. The lowest BCUT2D eigenvalue weighted by atomic mass is 9.96. The van der Waals surface area contributed by atoms with E-state index in [9.17, 15) is 10.1 Å². The minimum atomic E-state index is -0.372. The van der Waals surface area contributed by atoms with Crippen molar-refractivity contribution in [2.45, 2.75) is 58.0 Å². The van der Waals surface area contributed by atoms with Crippen LogP contribution in [0.1, 0.15) is 51.0 Å². The average Bonchev–Trinajstić information content (AvgIpc) is 2.56. The van der Waals surface area contributed by atoms with Gasteiger partial charge in [-0.3, -0.25) is 10.1 Å². The van der Waals surface area contributed by atoms with Crippen LogP contribution in [0.2, 0.25) is 0 Å². The summed E-state index contributed by atoms with van der Waals surface area (Å²) in [5.41, 5.74) is 1.16. The number of nitro groups is 1. The Kier molecular flexibility index (Phi) is 6.77. The van der Waals surface area contributed by atoms with Gasteiger partial charge in [-0.05, 0) is 37.0 Å². The van der Waals surface area contributed by atoms with Crippen LogP contribution in [0.5, 0.6) is 0 Å². The van der Waals surface area contributed by atoms with Gasteiger partial charge in [-0.25, -0.2) is 0 Å². The monoisotopic (exact) mass is 335 g/mol. The maximum atomic E-state index is 10.7. The Morgan fingerprint density at radius 2 is 1.96 bits per heavy atom. The highest BCUT2D eigenvalue weighted by Gasteiger charge is 2.17. The fraction of sp³-hybridized carbons (Fsp3) is 0.588. The number of nitrogens with one attached hydrogen (secondary N) is 1. The maximum absolute atomic E-state index is 10.7. The van der Waals surface area contributed by atoms with Gasteiger partial charge < -0.3 is 10.2 Å². The van der Waals surface area contributed by atoms with E-state index < -0.39 is 0 Å². The number of non-ortho nitro benzene ring substituents is 1. The molecule has 1 aromatic carbocycles. The molecule has 1 N–H and O–H groups in total. The van der Waals surface area contributed by atoms with E-state index in [0.29, 0.717) is 12.6 Å². The van der Waals surface area contributed by atoms with E-state index in [4.69, 9.17) is 12.2 Å². The molecule has 0 heterocycles. The second-order valence-corrected chi connectivity index (χ2v) is 6.52. The Morgan fingerprint density at radius 1 is 1.30 bits per heavy atom. The van der Waals surface area contributed by atoms with Crippen molar-refractivity contribution in [3.05, 3.63) is 39.9 Å². The zero-order valence-corrected chi connectivity index (χ0v) is 14.5. The summed E-state index contributed by atoms with van der Waals surface area (Å²) in [7, 11) is 0. The van der Waals surface area contributed by atoms with Gasteiger partial charge in [-0.1, -0.05) is 38.3 Å². The summed E-state index contributed by atoms with van der Waals surface area (Å²) in [5, 5.41) is 15.0. The Bertz CT molecular complexity index is 527. The zero-order chi connectivity index (χ0) is 16.7. The summed E-state index contributed by atoms with van der Waals surface area (Å²) in [4.78, 5) is 12.5. The highest BCUT2D eigenvalue weighted by Crippen LogP contribution is 2.18. The number of hydrogen-bond donors (Lipinski definition) is 1. The van der Waals surface area contributed by atoms with E-state index >= 15 is 0 Å². The minimum absolute atomic E-state index is 0.124. The van der Waals surface area contributed by atoms with Crippen LogP contribution in [0.3, 0.4) is 0 Å². The van der Waals surface area contributed by atoms with Gasteiger partial charge in [0.15, 0.2) is 5.11 Å². The summed E-state index contributed by atoms with van der Waals surface area (Å²) < 4.78 is 0. The molecule has 1 aliphatic carbocycles. The molecule has 0 aliphatic heterocycles. The van der Waals surface area contributed by atoms with Gasteiger partial charge in [0.2, 0.25) is 0 Å². The number of benzene rings is 1. The number of hydrogen-bond acceptors (Lipinski definition) is 3. The topological polar surface area (TPSA) is 58.4 Å². The van der Waals surface area contributed by atoms with Gasteiger partial charge in [0.1, 0.15) is 0 Å². The molecule has 1 aliphatic rings. The second-order valence-electron chi connectivity index (χ2n) is 6.13. The van der Waals surface area contributed by atoms with Crippen molar-refractivity contribution in [2.24, 2.45) is 0 Å². The molecule has 0 spiro atoms. The van der Waals surface area contributed by atoms with Crippen molar-refractivity contribution in [3.63, 3.8) is 0 Å². The predicted octanol–water partition coefficient (Wildman–Crippen LogP) is 4.01. The zero-order valence-electron chi connectivity index (χ0n) is 13.7. The SMILES string of the molecule is CCCN(Cc1ccc([N+](=O)[O-])cc1)C(=S)NC1CCCCC1. The van der Waals surface area contributed by atoms with Crippen LogP contribution in [0.15, 0.2) is 24.3 Å². The largest absolute Gasteiger partial charge is 0.360 e. The summed E-state index contributed by atoms with van der Waals surface area (Å²) in [6.45, 7) is 3.70. The Balaban J connectivity index is 1.96. The van der Waals surface area contributed by atoms with Crippen molar-refractivity contribution < 1.29 is 4.92 Å². The molecule has 23 heavy (non-hydrogen) atoms. The van der Waals surface area contributed by atoms with Crippen molar-refractivity contribution in [1.29, 1.82) is 0 Å². The lowest BCUT2D eigenvalue weighted by Gasteiger charge is -2.30. The lowest BCUT2D eigenvalue weighted by Crippen LogP contribution is -2.45. The summed E-state index contributed by atoms with van der Waals surface area (Å²) in [6.07, 6.45) is 7.27. The predicted molar refractivity (Wildman–Crippen MR) is 96.4 cm³/mol. The van der Waals surface area contributed by atoms with Gasteiger partial charge in [-0.2, -0.15) is 0 Å². The number of rotatable bonds is 6. The molecule has 1 aromatic rings. The van der Waals surface area contributed by atoms with Gasteiger partial charge >= 0.3 is 0 Å². The average molecular weight is 335 g/mol. The van der Waals surface area contributed by atoms with Crippen molar-refractivity contribution in [2.75, 3.05) is 6.54 Å². The smallest absolute Gasteiger partial charge is 0.269 e. The van der Waals surface area contributed by atoms with Gasteiger partial charge in [0.25, 0.3) is 5.69 Å². The third kappa shape index (κ3) is 5.46. The van der Waals surface area contributed by atoms with E-state index in [-0.39, 0.29) is 10.6 Å². The van der Waals surface area contributed by atoms with Crippen LogP contribution >= 0.6 is 12.2 Å². The first-order chi connectivity index (χ1) is 11.1. The van der Waals surface area contributed by atoms with Gasteiger partial charge in [-0.15, -0.1) is 0 Å². The standard InChI is InChI=1S/C17H25N3O2S/c1-2-12-19(17(23)18-15-6-4-3-5-7-15)13-14-8-10-16(11-9-14)20(21)22/h8-11,15H,2-7,12-13H2,1H3,(H,18,23). The third-order valence-electron chi connectivity index (χ3n) is 4.23. The van der Waals surface area contributed by atoms with E-state index in [1.54, 1.807) is 12.1 Å². The normalized spacial score (nSPS) is 15.2. The van der Waals surface area contributed by atoms with Crippen molar-refractivity contribution >= 4 is 23.0 Å². The van der Waals surface area contributed by atoms with E-state index in [2.05, 4.69) is 17.1 Å². The molecule has 126 valence electrons. The summed E-state index contributed by atoms with van der Waals surface area (Å²) in [6, 6.07) is 7.22. The molecule has 0 bridgehead atoms. The van der Waals surface area contributed by atoms with Crippen LogP contribution in [0.25, 0.3) is 0 Å². The van der Waals surface area contributed by atoms with Gasteiger partial charge in [0.05, 0.1) is 4.92 Å². The summed E-state index contributed by atoms with van der Waals surface area (Å²) in [5.74, 6) is 0. The molecular weight excluding hydrogens is 310 g/mol. The first kappa shape index (κ1) is 17.7. The molecule has 0 radical (unpaired) electrons. The van der Waals surface area contributed by atoms with E-state index in [1.165, 1.54) is 32.1 Å². The highest BCUT2D eigenvalue weighted by molar-refractivity contribution is 7.80. The second kappa shape index (κ2) is 8.82. The number of nitrogens with zero attached hydrogens (tertiary/aromatic N) is 2. The molecule has 0 saturated heterocycles. The Labute approximate surface area is 143 Å². The molecule has 1 saturated carbocycles. The maximum Gasteiger partial charge on any atom is 0.269 e. The third-order valence-corrected chi connectivity index (χ3v) is 4.61. The molecule has 0 atom stereocenters. The quantitative estimate of drug-likeness (QED) is 0.483. The summed E-state index contributed by atoms with van der Waals surface area (Å²) >= 11 is 5.59. The molecule has 1 fully saturated rings.